The number of rotatable bonds is 4. The fraction of sp³-hybridized carbons (Fsp3) is 0.833. The summed E-state index contributed by atoms with van der Waals surface area (Å²) in [6, 6.07) is -0.412. The smallest absolute Gasteiger partial charge is 0.325 e. The fourth-order valence-corrected chi connectivity index (χ4v) is 2.52. The summed E-state index contributed by atoms with van der Waals surface area (Å²) >= 11 is 0. The number of hydrogen-bond acceptors (Lipinski definition) is 4. The fourth-order valence-electron chi connectivity index (χ4n) is 2.52. The van der Waals surface area contributed by atoms with E-state index >= 15 is 0 Å². The van der Waals surface area contributed by atoms with Crippen molar-refractivity contribution < 1.29 is 14.7 Å². The van der Waals surface area contributed by atoms with Crippen molar-refractivity contribution in [3.63, 3.8) is 0 Å². The summed E-state index contributed by atoms with van der Waals surface area (Å²) in [7, 11) is 0. The summed E-state index contributed by atoms with van der Waals surface area (Å²) < 4.78 is 0. The van der Waals surface area contributed by atoms with Gasteiger partial charge in [-0.25, -0.2) is 4.79 Å². The average Bonchev–Trinajstić information content (AvgIpc) is 2.82. The van der Waals surface area contributed by atoms with Crippen LogP contribution in [0.1, 0.15) is 26.7 Å². The van der Waals surface area contributed by atoms with Gasteiger partial charge in [0.15, 0.2) is 0 Å². The molecule has 2 fully saturated rings. The van der Waals surface area contributed by atoms with Gasteiger partial charge in [-0.05, 0) is 39.8 Å². The minimum Gasteiger partial charge on any atom is -0.390 e. The number of carbonyl (C=O) groups excluding carboxylic acids is 2. The minimum absolute atomic E-state index is 0.0740. The zero-order chi connectivity index (χ0) is 13.3. The van der Waals surface area contributed by atoms with Crippen molar-refractivity contribution in [2.24, 2.45) is 0 Å². The maximum absolute atomic E-state index is 11.9. The van der Waals surface area contributed by atoms with Crippen molar-refractivity contribution in [3.8, 4) is 0 Å². The topological polar surface area (TPSA) is 72.9 Å². The van der Waals surface area contributed by atoms with Gasteiger partial charge in [0, 0.05) is 6.54 Å². The Bertz CT molecular complexity index is 350. The molecule has 102 valence electrons. The van der Waals surface area contributed by atoms with Gasteiger partial charge in [0.2, 0.25) is 0 Å². The Kier molecular flexibility index (Phi) is 3.59. The highest BCUT2D eigenvalue weighted by atomic mass is 16.3. The predicted octanol–water partition coefficient (Wildman–Crippen LogP) is -0.226. The number of nitrogens with zero attached hydrogens (tertiary/aromatic N) is 2. The van der Waals surface area contributed by atoms with Gasteiger partial charge in [0.1, 0.15) is 5.54 Å². The lowest BCUT2D eigenvalue weighted by atomic mass is 10.1. The van der Waals surface area contributed by atoms with Gasteiger partial charge in [-0.3, -0.25) is 9.69 Å². The number of β-amino-alcohol motifs (C(OH)–C–C–N with tert-alkyl or cyclic N) is 1. The average molecular weight is 255 g/mol. The summed E-state index contributed by atoms with van der Waals surface area (Å²) in [5, 5.41) is 12.6. The van der Waals surface area contributed by atoms with Crippen molar-refractivity contribution in [2.45, 2.75) is 38.3 Å². The van der Waals surface area contributed by atoms with Gasteiger partial charge < -0.3 is 15.3 Å². The summed E-state index contributed by atoms with van der Waals surface area (Å²) in [6.07, 6.45) is 1.64. The van der Waals surface area contributed by atoms with E-state index in [9.17, 15) is 14.7 Å². The standard InChI is InChI=1S/C12H21N3O3/c1-12(2)10(17)15(11(18)13-12)8-9(16)7-14-5-3-4-6-14/h9,16H,3-8H2,1-2H3,(H,13,18)/t9-/m1/s1. The van der Waals surface area contributed by atoms with E-state index in [0.29, 0.717) is 6.54 Å². The predicted molar refractivity (Wildman–Crippen MR) is 66.0 cm³/mol. The molecular formula is C12H21N3O3. The lowest BCUT2D eigenvalue weighted by molar-refractivity contribution is -0.131. The monoisotopic (exact) mass is 255 g/mol. The van der Waals surface area contributed by atoms with Crippen LogP contribution in [0.2, 0.25) is 0 Å². The molecule has 18 heavy (non-hydrogen) atoms. The molecule has 0 spiro atoms. The number of imide groups is 1. The van der Waals surface area contributed by atoms with Crippen LogP contribution in [0.5, 0.6) is 0 Å². The van der Waals surface area contributed by atoms with E-state index in [1.165, 1.54) is 0 Å². The molecule has 2 aliphatic heterocycles. The van der Waals surface area contributed by atoms with Crippen LogP contribution in [0.4, 0.5) is 4.79 Å². The molecule has 0 aromatic rings. The Morgan fingerprint density at radius 1 is 1.28 bits per heavy atom. The van der Waals surface area contributed by atoms with Crippen molar-refractivity contribution >= 4 is 11.9 Å². The molecule has 0 aliphatic carbocycles. The van der Waals surface area contributed by atoms with Crippen LogP contribution in [0.3, 0.4) is 0 Å². The van der Waals surface area contributed by atoms with E-state index in [-0.39, 0.29) is 12.5 Å². The second-order valence-corrected chi connectivity index (χ2v) is 5.63. The molecule has 2 N–H and O–H groups in total. The maximum atomic E-state index is 11.9. The Labute approximate surface area is 107 Å². The molecule has 6 nitrogen and oxygen atoms in total. The molecule has 6 heteroatoms. The zero-order valence-corrected chi connectivity index (χ0v) is 11.0. The normalized spacial score (nSPS) is 25.6. The number of amides is 3. The van der Waals surface area contributed by atoms with Gasteiger partial charge in [-0.1, -0.05) is 0 Å². The largest absolute Gasteiger partial charge is 0.390 e. The first-order valence-electron chi connectivity index (χ1n) is 6.45. The van der Waals surface area contributed by atoms with E-state index in [1.54, 1.807) is 13.8 Å². The highest BCUT2D eigenvalue weighted by Gasteiger charge is 2.44. The lowest BCUT2D eigenvalue weighted by Gasteiger charge is -2.23. The Balaban J connectivity index is 1.88. The Morgan fingerprint density at radius 2 is 1.89 bits per heavy atom. The van der Waals surface area contributed by atoms with Crippen LogP contribution in [0.25, 0.3) is 0 Å². The van der Waals surface area contributed by atoms with Crippen molar-refractivity contribution in [3.05, 3.63) is 0 Å². The molecule has 0 radical (unpaired) electrons. The van der Waals surface area contributed by atoms with Gasteiger partial charge in [0.05, 0.1) is 12.6 Å². The number of carbonyl (C=O) groups is 2. The molecule has 0 unspecified atom stereocenters. The number of urea groups is 1. The van der Waals surface area contributed by atoms with E-state index in [2.05, 4.69) is 10.2 Å². The third kappa shape index (κ3) is 2.64. The van der Waals surface area contributed by atoms with Crippen molar-refractivity contribution in [1.82, 2.24) is 15.1 Å². The first kappa shape index (κ1) is 13.3. The van der Waals surface area contributed by atoms with Crippen LogP contribution in [0.15, 0.2) is 0 Å². The molecule has 0 bridgehead atoms. The van der Waals surface area contributed by atoms with Crippen LogP contribution >= 0.6 is 0 Å². The summed E-state index contributed by atoms with van der Waals surface area (Å²) in [6.45, 7) is 5.91. The van der Waals surface area contributed by atoms with Crippen LogP contribution in [-0.4, -0.2) is 64.7 Å². The third-order valence-corrected chi connectivity index (χ3v) is 3.51. The molecule has 0 saturated carbocycles. The van der Waals surface area contributed by atoms with Gasteiger partial charge >= 0.3 is 6.03 Å². The SMILES string of the molecule is CC1(C)NC(=O)N(C[C@H](O)CN2CCCC2)C1=O. The van der Waals surface area contributed by atoms with Gasteiger partial charge in [-0.2, -0.15) is 0 Å². The number of nitrogens with one attached hydrogen (secondary N) is 1. The lowest BCUT2D eigenvalue weighted by Crippen LogP contribution is -2.44. The number of aliphatic hydroxyl groups is 1. The summed E-state index contributed by atoms with van der Waals surface area (Å²) in [5.41, 5.74) is -0.857. The molecule has 2 heterocycles. The van der Waals surface area contributed by atoms with Gasteiger partial charge in [0.25, 0.3) is 5.91 Å². The summed E-state index contributed by atoms with van der Waals surface area (Å²) in [5.74, 6) is -0.270. The van der Waals surface area contributed by atoms with Crippen LogP contribution in [-0.2, 0) is 4.79 Å². The van der Waals surface area contributed by atoms with Crippen LogP contribution in [0, 0.1) is 0 Å². The molecule has 2 saturated heterocycles. The molecule has 0 aromatic carbocycles. The Morgan fingerprint density at radius 3 is 2.39 bits per heavy atom. The highest BCUT2D eigenvalue weighted by molar-refractivity contribution is 6.06. The van der Waals surface area contributed by atoms with E-state index in [0.717, 1.165) is 30.8 Å². The van der Waals surface area contributed by atoms with Crippen molar-refractivity contribution in [1.29, 1.82) is 0 Å². The van der Waals surface area contributed by atoms with Crippen LogP contribution < -0.4 is 5.32 Å². The van der Waals surface area contributed by atoms with Gasteiger partial charge in [-0.15, -0.1) is 0 Å². The molecule has 0 aromatic heterocycles. The quantitative estimate of drug-likeness (QED) is 0.681. The number of hydrogen-bond donors (Lipinski definition) is 2. The zero-order valence-electron chi connectivity index (χ0n) is 11.0. The molecule has 2 rings (SSSR count). The Hall–Kier alpha value is -1.14. The number of likely N-dealkylation sites (tertiary alicyclic amines) is 1. The maximum Gasteiger partial charge on any atom is 0.325 e. The highest BCUT2D eigenvalue weighted by Crippen LogP contribution is 2.17. The van der Waals surface area contributed by atoms with E-state index < -0.39 is 17.7 Å². The van der Waals surface area contributed by atoms with E-state index in [1.807, 2.05) is 0 Å². The first-order valence-corrected chi connectivity index (χ1v) is 6.45. The molecule has 3 amide bonds. The second kappa shape index (κ2) is 4.85. The third-order valence-electron chi connectivity index (χ3n) is 3.51. The molecule has 1 atom stereocenters. The summed E-state index contributed by atoms with van der Waals surface area (Å²) in [4.78, 5) is 26.8. The molecule has 2 aliphatic rings. The van der Waals surface area contributed by atoms with E-state index in [4.69, 9.17) is 0 Å². The second-order valence-electron chi connectivity index (χ2n) is 5.63. The van der Waals surface area contributed by atoms with Crippen molar-refractivity contribution in [2.75, 3.05) is 26.2 Å². The minimum atomic E-state index is -0.857. The number of aliphatic hydroxyl groups excluding tert-OH is 1. The first-order chi connectivity index (χ1) is 8.40. The molecular weight excluding hydrogens is 234 g/mol.